The van der Waals surface area contributed by atoms with Crippen LogP contribution >= 0.6 is 23.4 Å². The molecule has 1 heterocycles. The Morgan fingerprint density at radius 3 is 2.24 bits per heavy atom. The molecule has 0 bridgehead atoms. The lowest BCUT2D eigenvalue weighted by Crippen LogP contribution is -2.43. The maximum Gasteiger partial charge on any atom is 0.249 e. The molecule has 204 valence electrons. The molecule has 0 aromatic carbocycles. The van der Waals surface area contributed by atoms with E-state index in [1.54, 1.807) is 0 Å². The molecule has 8 heteroatoms. The number of halogens is 1. The third kappa shape index (κ3) is 7.47. The lowest BCUT2D eigenvalue weighted by Gasteiger charge is -2.37. The van der Waals surface area contributed by atoms with Crippen LogP contribution in [0, 0.1) is 29.1 Å². The molecule has 0 radical (unpaired) electrons. The second-order valence-corrected chi connectivity index (χ2v) is 13.2. The highest BCUT2D eigenvalue weighted by molar-refractivity contribution is 8.03. The number of carbonyl (C=O) groups excluding carboxylic acids is 2. The van der Waals surface area contributed by atoms with Crippen molar-refractivity contribution in [2.75, 3.05) is 5.75 Å². The van der Waals surface area contributed by atoms with Crippen LogP contribution in [-0.4, -0.2) is 35.0 Å². The summed E-state index contributed by atoms with van der Waals surface area (Å²) in [6.07, 6.45) is 13.5. The van der Waals surface area contributed by atoms with Crippen molar-refractivity contribution in [3.63, 3.8) is 0 Å². The van der Waals surface area contributed by atoms with E-state index in [4.69, 9.17) is 11.6 Å². The Morgan fingerprint density at radius 2 is 1.59 bits per heavy atom. The Morgan fingerprint density at radius 1 is 0.973 bits per heavy atom. The number of rotatable bonds is 7. The molecule has 2 amide bonds. The van der Waals surface area contributed by atoms with E-state index in [-0.39, 0.29) is 46.9 Å². The zero-order valence-electron chi connectivity index (χ0n) is 22.4. The Kier molecular flexibility index (Phi) is 10.3. The van der Waals surface area contributed by atoms with E-state index >= 15 is 0 Å². The van der Waals surface area contributed by atoms with Gasteiger partial charge in [-0.15, -0.1) is 11.6 Å². The van der Waals surface area contributed by atoms with Crippen molar-refractivity contribution in [3.05, 3.63) is 21.9 Å². The van der Waals surface area contributed by atoms with Gasteiger partial charge in [0.1, 0.15) is 0 Å². The third-order valence-electron chi connectivity index (χ3n) is 8.78. The maximum absolute atomic E-state index is 13.6. The van der Waals surface area contributed by atoms with Gasteiger partial charge in [0.05, 0.1) is 22.4 Å². The molecule has 0 aromatic heterocycles. The fourth-order valence-electron chi connectivity index (χ4n) is 6.58. The van der Waals surface area contributed by atoms with E-state index in [0.29, 0.717) is 11.1 Å². The molecule has 1 atom stereocenters. The Balaban J connectivity index is 1.47. The van der Waals surface area contributed by atoms with Gasteiger partial charge in [-0.2, -0.15) is 5.26 Å². The molecule has 0 aromatic rings. The first kappa shape index (κ1) is 28.4. The van der Waals surface area contributed by atoms with Crippen LogP contribution in [0.1, 0.15) is 97.3 Å². The summed E-state index contributed by atoms with van der Waals surface area (Å²) in [7, 11) is 0. The topological polar surface area (TPSA) is 94.0 Å². The van der Waals surface area contributed by atoms with Crippen LogP contribution in [-0.2, 0) is 9.59 Å². The Hall–Kier alpha value is -1.65. The molecule has 1 unspecified atom stereocenters. The standard InChI is InChI=1S/C29H43ClN4O2S/c1-18-8-12-22(13-9-18)33-25(35)17-37-29-24(16-31)27(20-6-4-3-5-7-20)26(19(2)32-29)28(36)34-23-14-10-21(30)11-15-23/h18,20-23,27,32H,3-15,17H2,1-2H3,(H,33,35)(H,34,36). The van der Waals surface area contributed by atoms with Gasteiger partial charge in [0, 0.05) is 34.6 Å². The first-order chi connectivity index (χ1) is 17.9. The van der Waals surface area contributed by atoms with Crippen molar-refractivity contribution in [2.45, 2.75) is 115 Å². The van der Waals surface area contributed by atoms with Crippen LogP contribution in [0.3, 0.4) is 0 Å². The lowest BCUT2D eigenvalue weighted by atomic mass is 9.71. The summed E-state index contributed by atoms with van der Waals surface area (Å²) in [5, 5.41) is 21.1. The maximum atomic E-state index is 13.6. The van der Waals surface area contributed by atoms with Crippen molar-refractivity contribution in [3.8, 4) is 6.07 Å². The van der Waals surface area contributed by atoms with Crippen molar-refractivity contribution >= 4 is 35.2 Å². The number of alkyl halides is 1. The molecule has 4 rings (SSSR count). The van der Waals surface area contributed by atoms with Gasteiger partial charge in [-0.3, -0.25) is 9.59 Å². The minimum Gasteiger partial charge on any atom is -0.353 e. The smallest absolute Gasteiger partial charge is 0.249 e. The molecule has 3 aliphatic carbocycles. The molecule has 3 N–H and O–H groups in total. The van der Waals surface area contributed by atoms with Crippen molar-refractivity contribution in [2.24, 2.45) is 17.8 Å². The summed E-state index contributed by atoms with van der Waals surface area (Å²) in [6, 6.07) is 2.85. The number of dihydropyridines is 1. The fraction of sp³-hybridized carbons (Fsp3) is 0.759. The molecule has 37 heavy (non-hydrogen) atoms. The molecule has 6 nitrogen and oxygen atoms in total. The lowest BCUT2D eigenvalue weighted by molar-refractivity contribution is -0.120. The predicted octanol–water partition coefficient (Wildman–Crippen LogP) is 5.89. The van der Waals surface area contributed by atoms with Gasteiger partial charge in [0.25, 0.3) is 0 Å². The molecular formula is C29H43ClN4O2S. The van der Waals surface area contributed by atoms with Crippen LogP contribution in [0.15, 0.2) is 21.9 Å². The van der Waals surface area contributed by atoms with E-state index in [1.165, 1.54) is 18.2 Å². The number of amides is 2. The van der Waals surface area contributed by atoms with Gasteiger partial charge >= 0.3 is 0 Å². The number of thioether (sulfide) groups is 1. The molecule has 3 saturated carbocycles. The zero-order valence-corrected chi connectivity index (χ0v) is 24.0. The van der Waals surface area contributed by atoms with Crippen LogP contribution in [0.5, 0.6) is 0 Å². The van der Waals surface area contributed by atoms with Crippen LogP contribution < -0.4 is 16.0 Å². The quantitative estimate of drug-likeness (QED) is 0.346. The zero-order chi connectivity index (χ0) is 26.4. The number of carbonyl (C=O) groups is 2. The van der Waals surface area contributed by atoms with E-state index in [9.17, 15) is 14.9 Å². The Labute approximate surface area is 231 Å². The minimum absolute atomic E-state index is 0.0189. The molecule has 4 aliphatic rings. The van der Waals surface area contributed by atoms with Gasteiger partial charge in [0.2, 0.25) is 11.8 Å². The first-order valence-corrected chi connectivity index (χ1v) is 15.8. The molecule has 0 spiro atoms. The highest BCUT2D eigenvalue weighted by Gasteiger charge is 2.39. The van der Waals surface area contributed by atoms with Gasteiger partial charge < -0.3 is 16.0 Å². The number of hydrogen-bond donors (Lipinski definition) is 3. The summed E-state index contributed by atoms with van der Waals surface area (Å²) >= 11 is 7.68. The van der Waals surface area contributed by atoms with E-state index < -0.39 is 0 Å². The number of allylic oxidation sites excluding steroid dienone is 2. The van der Waals surface area contributed by atoms with Crippen LogP contribution in [0.25, 0.3) is 0 Å². The molecule has 0 saturated heterocycles. The summed E-state index contributed by atoms with van der Waals surface area (Å²) in [4.78, 5) is 26.4. The second kappa shape index (κ2) is 13.4. The van der Waals surface area contributed by atoms with Crippen LogP contribution in [0.4, 0.5) is 0 Å². The van der Waals surface area contributed by atoms with Gasteiger partial charge in [-0.05, 0) is 83.0 Å². The van der Waals surface area contributed by atoms with Gasteiger partial charge in [0.15, 0.2) is 0 Å². The highest BCUT2D eigenvalue weighted by atomic mass is 35.5. The fourth-order valence-corrected chi connectivity index (χ4v) is 7.74. The van der Waals surface area contributed by atoms with Crippen molar-refractivity contribution in [1.29, 1.82) is 5.26 Å². The molecular weight excluding hydrogens is 504 g/mol. The van der Waals surface area contributed by atoms with E-state index in [0.717, 1.165) is 93.7 Å². The van der Waals surface area contributed by atoms with E-state index in [2.05, 4.69) is 28.9 Å². The van der Waals surface area contributed by atoms with Crippen molar-refractivity contribution < 1.29 is 9.59 Å². The SMILES string of the molecule is CC1=C(C(=O)NC2CCC(Cl)CC2)C(C2CCCCC2)C(C#N)=C(SCC(=O)NC2CCC(C)CC2)N1. The highest BCUT2D eigenvalue weighted by Crippen LogP contribution is 2.43. The van der Waals surface area contributed by atoms with E-state index in [1.807, 2.05) is 6.92 Å². The predicted molar refractivity (Wildman–Crippen MR) is 151 cm³/mol. The summed E-state index contributed by atoms with van der Waals surface area (Å²) in [5.74, 6) is 1.03. The number of nitriles is 1. The third-order valence-corrected chi connectivity index (χ3v) is 10.2. The number of nitrogens with zero attached hydrogens (tertiary/aromatic N) is 1. The molecule has 1 aliphatic heterocycles. The largest absolute Gasteiger partial charge is 0.353 e. The summed E-state index contributed by atoms with van der Waals surface area (Å²) in [5.41, 5.74) is 2.14. The average Bonchev–Trinajstić information content (AvgIpc) is 2.90. The Bertz CT molecular complexity index is 936. The minimum atomic E-state index is -0.221. The molecule has 3 fully saturated rings. The monoisotopic (exact) mass is 546 g/mol. The summed E-state index contributed by atoms with van der Waals surface area (Å²) < 4.78 is 0. The number of nitrogens with one attached hydrogen (secondary N) is 3. The van der Waals surface area contributed by atoms with Gasteiger partial charge in [-0.25, -0.2) is 0 Å². The first-order valence-electron chi connectivity index (χ1n) is 14.3. The summed E-state index contributed by atoms with van der Waals surface area (Å²) in [6.45, 7) is 4.22. The normalized spacial score (nSPS) is 31.4. The van der Waals surface area contributed by atoms with Gasteiger partial charge in [-0.1, -0.05) is 37.9 Å². The van der Waals surface area contributed by atoms with Crippen LogP contribution in [0.2, 0.25) is 0 Å². The second-order valence-electron chi connectivity index (χ2n) is 11.6. The van der Waals surface area contributed by atoms with Crippen molar-refractivity contribution in [1.82, 2.24) is 16.0 Å². The average molecular weight is 547 g/mol. The number of hydrogen-bond acceptors (Lipinski definition) is 5.